The van der Waals surface area contributed by atoms with Crippen LogP contribution in [-0.4, -0.2) is 37.1 Å². The Kier molecular flexibility index (Phi) is 4.78. The highest BCUT2D eigenvalue weighted by atomic mass is 16.2. The highest BCUT2D eigenvalue weighted by molar-refractivity contribution is 5.75. The van der Waals surface area contributed by atoms with Gasteiger partial charge < -0.3 is 5.32 Å². The van der Waals surface area contributed by atoms with Gasteiger partial charge in [0.1, 0.15) is 0 Å². The number of hydrogen-bond acceptors (Lipinski definition) is 3. The zero-order valence-corrected chi connectivity index (χ0v) is 8.31. The summed E-state index contributed by atoms with van der Waals surface area (Å²) in [5.41, 5.74) is 2.91. The minimum Gasteiger partial charge on any atom is -0.314 e. The Morgan fingerprint density at radius 1 is 1.46 bits per heavy atom. The number of piperazine rings is 1. The quantitative estimate of drug-likeness (QED) is 0.653. The fourth-order valence-corrected chi connectivity index (χ4v) is 1.35. The Bertz CT molecular complexity index is 155. The number of carbonyl (C=O) groups is 1. The molecule has 0 aliphatic carbocycles. The highest BCUT2D eigenvalue weighted by Gasteiger charge is 2.11. The molecule has 0 atom stereocenters. The van der Waals surface area contributed by atoms with E-state index in [-0.39, 0.29) is 5.91 Å². The first-order valence-electron chi connectivity index (χ1n) is 5.08. The van der Waals surface area contributed by atoms with Gasteiger partial charge in [0, 0.05) is 32.6 Å². The van der Waals surface area contributed by atoms with Crippen molar-refractivity contribution in [1.82, 2.24) is 15.8 Å². The van der Waals surface area contributed by atoms with Crippen molar-refractivity contribution in [3.05, 3.63) is 0 Å². The molecular formula is C9H19N3O. The second-order valence-electron chi connectivity index (χ2n) is 3.38. The van der Waals surface area contributed by atoms with E-state index in [1.807, 2.05) is 5.01 Å². The van der Waals surface area contributed by atoms with Crippen LogP contribution in [0.2, 0.25) is 0 Å². The molecule has 1 heterocycles. The summed E-state index contributed by atoms with van der Waals surface area (Å²) < 4.78 is 0. The second-order valence-corrected chi connectivity index (χ2v) is 3.38. The van der Waals surface area contributed by atoms with E-state index in [1.54, 1.807) is 0 Å². The van der Waals surface area contributed by atoms with Crippen molar-refractivity contribution in [2.75, 3.05) is 26.2 Å². The third-order valence-corrected chi connectivity index (χ3v) is 2.16. The molecule has 0 spiro atoms. The smallest absolute Gasteiger partial charge is 0.234 e. The van der Waals surface area contributed by atoms with E-state index in [1.165, 1.54) is 0 Å². The molecule has 0 radical (unpaired) electrons. The first-order valence-corrected chi connectivity index (χ1v) is 5.08. The number of unbranched alkanes of at least 4 members (excludes halogenated alkanes) is 1. The van der Waals surface area contributed by atoms with Crippen LogP contribution in [0.1, 0.15) is 26.2 Å². The molecule has 0 aromatic heterocycles. The summed E-state index contributed by atoms with van der Waals surface area (Å²) in [6.45, 7) is 5.86. The lowest BCUT2D eigenvalue weighted by molar-refractivity contribution is -0.126. The van der Waals surface area contributed by atoms with Crippen LogP contribution in [0.5, 0.6) is 0 Å². The standard InChI is InChI=1S/C9H19N3O/c1-2-3-4-9(13)11-12-7-5-10-6-8-12/h10H,2-8H2,1H3,(H,11,13). The summed E-state index contributed by atoms with van der Waals surface area (Å²) in [5, 5.41) is 5.23. The predicted molar refractivity (Wildman–Crippen MR) is 52.1 cm³/mol. The fourth-order valence-electron chi connectivity index (χ4n) is 1.35. The van der Waals surface area contributed by atoms with Gasteiger partial charge in [-0.2, -0.15) is 0 Å². The maximum atomic E-state index is 11.3. The van der Waals surface area contributed by atoms with Gasteiger partial charge in [0.05, 0.1) is 0 Å². The molecule has 1 amide bonds. The third-order valence-electron chi connectivity index (χ3n) is 2.16. The van der Waals surface area contributed by atoms with Crippen LogP contribution in [-0.2, 0) is 4.79 Å². The van der Waals surface area contributed by atoms with E-state index in [0.29, 0.717) is 6.42 Å². The molecule has 0 bridgehead atoms. The predicted octanol–water partition coefficient (Wildman–Crippen LogP) is 0.113. The summed E-state index contributed by atoms with van der Waals surface area (Å²) in [4.78, 5) is 11.3. The summed E-state index contributed by atoms with van der Waals surface area (Å²) in [7, 11) is 0. The number of nitrogens with one attached hydrogen (secondary N) is 2. The second kappa shape index (κ2) is 5.94. The summed E-state index contributed by atoms with van der Waals surface area (Å²) in [5.74, 6) is 0.156. The minimum atomic E-state index is 0.156. The number of carbonyl (C=O) groups excluding carboxylic acids is 1. The Morgan fingerprint density at radius 3 is 2.77 bits per heavy atom. The van der Waals surface area contributed by atoms with Gasteiger partial charge >= 0.3 is 0 Å². The Balaban J connectivity index is 2.11. The monoisotopic (exact) mass is 185 g/mol. The van der Waals surface area contributed by atoms with Crippen LogP contribution < -0.4 is 10.7 Å². The van der Waals surface area contributed by atoms with Crippen LogP contribution >= 0.6 is 0 Å². The van der Waals surface area contributed by atoms with E-state index in [9.17, 15) is 4.79 Å². The number of nitrogens with zero attached hydrogens (tertiary/aromatic N) is 1. The number of hydrazine groups is 1. The lowest BCUT2D eigenvalue weighted by Crippen LogP contribution is -2.52. The molecule has 2 N–H and O–H groups in total. The van der Waals surface area contributed by atoms with Gasteiger partial charge in [0.15, 0.2) is 0 Å². The molecule has 0 aromatic carbocycles. The molecule has 76 valence electrons. The lowest BCUT2D eigenvalue weighted by atomic mass is 10.2. The highest BCUT2D eigenvalue weighted by Crippen LogP contribution is 1.94. The van der Waals surface area contributed by atoms with Gasteiger partial charge in [0.25, 0.3) is 0 Å². The van der Waals surface area contributed by atoms with Gasteiger partial charge in [-0.25, -0.2) is 5.01 Å². The Morgan fingerprint density at radius 2 is 2.15 bits per heavy atom. The summed E-state index contributed by atoms with van der Waals surface area (Å²) in [6, 6.07) is 0. The molecule has 1 saturated heterocycles. The molecule has 4 nitrogen and oxygen atoms in total. The van der Waals surface area contributed by atoms with Crippen molar-refractivity contribution in [3.63, 3.8) is 0 Å². The zero-order chi connectivity index (χ0) is 9.52. The van der Waals surface area contributed by atoms with Crippen LogP contribution in [0.25, 0.3) is 0 Å². The van der Waals surface area contributed by atoms with Crippen LogP contribution in [0.15, 0.2) is 0 Å². The molecule has 0 unspecified atom stereocenters. The maximum Gasteiger partial charge on any atom is 0.234 e. The largest absolute Gasteiger partial charge is 0.314 e. The van der Waals surface area contributed by atoms with Gasteiger partial charge in [-0.3, -0.25) is 10.2 Å². The van der Waals surface area contributed by atoms with E-state index in [4.69, 9.17) is 0 Å². The topological polar surface area (TPSA) is 44.4 Å². The Hall–Kier alpha value is -0.610. The summed E-state index contributed by atoms with van der Waals surface area (Å²) in [6.07, 6.45) is 2.72. The fraction of sp³-hybridized carbons (Fsp3) is 0.889. The van der Waals surface area contributed by atoms with Crippen LogP contribution in [0.4, 0.5) is 0 Å². The van der Waals surface area contributed by atoms with E-state index in [0.717, 1.165) is 39.0 Å². The normalized spacial score (nSPS) is 18.5. The molecule has 1 fully saturated rings. The van der Waals surface area contributed by atoms with Crippen molar-refractivity contribution < 1.29 is 4.79 Å². The van der Waals surface area contributed by atoms with Crippen LogP contribution in [0, 0.1) is 0 Å². The van der Waals surface area contributed by atoms with E-state index < -0.39 is 0 Å². The first kappa shape index (κ1) is 10.5. The minimum absolute atomic E-state index is 0.156. The van der Waals surface area contributed by atoms with Gasteiger partial charge in [-0.05, 0) is 6.42 Å². The molecule has 1 rings (SSSR count). The van der Waals surface area contributed by atoms with Crippen molar-refractivity contribution in [2.45, 2.75) is 26.2 Å². The number of amides is 1. The molecule has 13 heavy (non-hydrogen) atoms. The first-order chi connectivity index (χ1) is 6.33. The van der Waals surface area contributed by atoms with Gasteiger partial charge in [-0.1, -0.05) is 13.3 Å². The number of rotatable bonds is 4. The zero-order valence-electron chi connectivity index (χ0n) is 8.31. The van der Waals surface area contributed by atoms with Crippen molar-refractivity contribution in [1.29, 1.82) is 0 Å². The Labute approximate surface area is 79.6 Å². The molecule has 0 saturated carbocycles. The van der Waals surface area contributed by atoms with Crippen molar-refractivity contribution in [3.8, 4) is 0 Å². The summed E-state index contributed by atoms with van der Waals surface area (Å²) >= 11 is 0. The average molecular weight is 185 g/mol. The van der Waals surface area contributed by atoms with Crippen molar-refractivity contribution >= 4 is 5.91 Å². The van der Waals surface area contributed by atoms with Gasteiger partial charge in [0.2, 0.25) is 5.91 Å². The molecule has 0 aromatic rings. The van der Waals surface area contributed by atoms with Crippen molar-refractivity contribution in [2.24, 2.45) is 0 Å². The average Bonchev–Trinajstić information content (AvgIpc) is 2.16. The van der Waals surface area contributed by atoms with E-state index >= 15 is 0 Å². The van der Waals surface area contributed by atoms with Crippen LogP contribution in [0.3, 0.4) is 0 Å². The molecule has 1 aliphatic rings. The molecular weight excluding hydrogens is 166 g/mol. The molecule has 1 aliphatic heterocycles. The van der Waals surface area contributed by atoms with E-state index in [2.05, 4.69) is 17.7 Å². The maximum absolute atomic E-state index is 11.3. The lowest BCUT2D eigenvalue weighted by Gasteiger charge is -2.27. The molecule has 4 heteroatoms. The third kappa shape index (κ3) is 4.24. The SMILES string of the molecule is CCCCC(=O)NN1CCNCC1. The number of hydrogen-bond donors (Lipinski definition) is 2. The van der Waals surface area contributed by atoms with Gasteiger partial charge in [-0.15, -0.1) is 0 Å².